The average molecular weight is 324 g/mol. The minimum Gasteiger partial charge on any atom is -0.297 e. The van der Waals surface area contributed by atoms with Crippen LogP contribution in [0.5, 0.6) is 0 Å². The number of benzene rings is 3. The first kappa shape index (κ1) is 15.9. The zero-order valence-electron chi connectivity index (χ0n) is 14.3. The zero-order chi connectivity index (χ0) is 17.1. The van der Waals surface area contributed by atoms with Gasteiger partial charge in [0.05, 0.1) is 0 Å². The van der Waals surface area contributed by atoms with Crippen molar-refractivity contribution >= 4 is 11.1 Å². The summed E-state index contributed by atoms with van der Waals surface area (Å²) >= 11 is 0. The highest BCUT2D eigenvalue weighted by Gasteiger charge is 2.28. The summed E-state index contributed by atoms with van der Waals surface area (Å²) in [5, 5.41) is 0. The Morgan fingerprint density at radius 1 is 0.680 bits per heavy atom. The van der Waals surface area contributed by atoms with Gasteiger partial charge >= 0.3 is 0 Å². The molecule has 0 amide bonds. The number of nitrogens with zero attached hydrogens (tertiary/aromatic N) is 1. The van der Waals surface area contributed by atoms with Gasteiger partial charge in [-0.15, -0.1) is 0 Å². The van der Waals surface area contributed by atoms with E-state index in [1.807, 2.05) is 0 Å². The van der Waals surface area contributed by atoms with E-state index < -0.39 is 0 Å². The van der Waals surface area contributed by atoms with Crippen LogP contribution in [0.4, 0.5) is 0 Å². The minimum absolute atomic E-state index is 0.324. The molecule has 123 valence electrons. The van der Waals surface area contributed by atoms with E-state index in [1.54, 1.807) is 0 Å². The Hall–Kier alpha value is -2.64. The molecule has 1 heterocycles. The molecule has 0 bridgehead atoms. The maximum absolute atomic E-state index is 4.28. The third-order valence-corrected chi connectivity index (χ3v) is 4.91. The highest BCUT2D eigenvalue weighted by atomic mass is 15.1. The SMILES string of the molecule is [CH2]N1CC(c2ccccc2)=C(c2ccccc2)C(c2ccccc2)C1. The second kappa shape index (κ2) is 7.08. The van der Waals surface area contributed by atoms with Gasteiger partial charge in [0.2, 0.25) is 0 Å². The maximum Gasteiger partial charge on any atom is 0.0243 e. The predicted molar refractivity (Wildman–Crippen MR) is 106 cm³/mol. The van der Waals surface area contributed by atoms with Crippen molar-refractivity contribution in [3.63, 3.8) is 0 Å². The molecule has 4 rings (SSSR count). The van der Waals surface area contributed by atoms with Gasteiger partial charge in [0.25, 0.3) is 0 Å². The molecule has 25 heavy (non-hydrogen) atoms. The number of hydrogen-bond donors (Lipinski definition) is 0. The first-order valence-electron chi connectivity index (χ1n) is 8.77. The molecule has 0 fully saturated rings. The van der Waals surface area contributed by atoms with Gasteiger partial charge in [-0.25, -0.2) is 0 Å². The molecular weight excluding hydrogens is 302 g/mol. The van der Waals surface area contributed by atoms with Gasteiger partial charge in [-0.05, 0) is 27.8 Å². The van der Waals surface area contributed by atoms with Gasteiger partial charge < -0.3 is 0 Å². The van der Waals surface area contributed by atoms with Crippen LogP contribution in [0.15, 0.2) is 91.0 Å². The Balaban J connectivity index is 1.94. The molecule has 1 heteroatoms. The van der Waals surface area contributed by atoms with E-state index in [9.17, 15) is 0 Å². The van der Waals surface area contributed by atoms with Gasteiger partial charge in [-0.2, -0.15) is 0 Å². The number of hydrogen-bond acceptors (Lipinski definition) is 1. The number of rotatable bonds is 3. The average Bonchev–Trinajstić information content (AvgIpc) is 2.69. The topological polar surface area (TPSA) is 3.24 Å². The fraction of sp³-hybridized carbons (Fsp3) is 0.125. The summed E-state index contributed by atoms with van der Waals surface area (Å²) in [6.07, 6.45) is 0. The molecule has 1 aliphatic heterocycles. The van der Waals surface area contributed by atoms with E-state index >= 15 is 0 Å². The molecule has 0 N–H and O–H groups in total. The molecule has 0 spiro atoms. The Bertz CT molecular complexity index is 850. The van der Waals surface area contributed by atoms with Crippen molar-refractivity contribution in [3.05, 3.63) is 115 Å². The minimum atomic E-state index is 0.324. The smallest absolute Gasteiger partial charge is 0.0243 e. The van der Waals surface area contributed by atoms with E-state index in [2.05, 4.69) is 103 Å². The van der Waals surface area contributed by atoms with E-state index in [0.717, 1.165) is 13.1 Å². The van der Waals surface area contributed by atoms with Crippen LogP contribution in [0, 0.1) is 7.05 Å². The Morgan fingerprint density at radius 2 is 1.20 bits per heavy atom. The van der Waals surface area contributed by atoms with Gasteiger partial charge in [0, 0.05) is 26.1 Å². The maximum atomic E-state index is 4.28. The van der Waals surface area contributed by atoms with Crippen LogP contribution in [0.2, 0.25) is 0 Å². The summed E-state index contributed by atoms with van der Waals surface area (Å²) in [6.45, 7) is 1.81. The molecule has 1 aliphatic rings. The standard InChI is InChI=1S/C24H22N/c1-25-17-22(19-11-5-2-6-12-19)24(21-15-9-4-10-16-21)23(18-25)20-13-7-3-8-14-20/h2-16,22H,1,17-18H2. The largest absolute Gasteiger partial charge is 0.297 e. The van der Waals surface area contributed by atoms with E-state index in [1.165, 1.54) is 27.8 Å². The van der Waals surface area contributed by atoms with Crippen LogP contribution in [-0.4, -0.2) is 18.0 Å². The molecule has 0 saturated heterocycles. The molecule has 1 nitrogen and oxygen atoms in total. The lowest BCUT2D eigenvalue weighted by atomic mass is 9.79. The highest BCUT2D eigenvalue weighted by Crippen LogP contribution is 2.42. The molecule has 0 aromatic heterocycles. The van der Waals surface area contributed by atoms with Crippen LogP contribution in [0.1, 0.15) is 22.6 Å². The second-order valence-corrected chi connectivity index (χ2v) is 6.60. The van der Waals surface area contributed by atoms with Crippen molar-refractivity contribution < 1.29 is 0 Å². The van der Waals surface area contributed by atoms with E-state index in [4.69, 9.17) is 0 Å². The highest BCUT2D eigenvalue weighted by molar-refractivity contribution is 5.95. The van der Waals surface area contributed by atoms with Crippen molar-refractivity contribution in [1.82, 2.24) is 4.90 Å². The van der Waals surface area contributed by atoms with Gasteiger partial charge in [-0.1, -0.05) is 91.0 Å². The molecule has 0 aliphatic carbocycles. The Labute approximate surface area is 150 Å². The van der Waals surface area contributed by atoms with Crippen LogP contribution >= 0.6 is 0 Å². The monoisotopic (exact) mass is 324 g/mol. The van der Waals surface area contributed by atoms with Crippen molar-refractivity contribution in [1.29, 1.82) is 0 Å². The zero-order valence-corrected chi connectivity index (χ0v) is 14.3. The second-order valence-electron chi connectivity index (χ2n) is 6.60. The normalized spacial score (nSPS) is 18.4. The molecule has 1 radical (unpaired) electrons. The first-order valence-corrected chi connectivity index (χ1v) is 8.77. The molecule has 1 atom stereocenters. The fourth-order valence-corrected chi connectivity index (χ4v) is 3.77. The molecule has 0 saturated carbocycles. The molecule has 3 aromatic rings. The lowest BCUT2D eigenvalue weighted by molar-refractivity contribution is 0.393. The van der Waals surface area contributed by atoms with Gasteiger partial charge in [0.1, 0.15) is 0 Å². The van der Waals surface area contributed by atoms with E-state index in [0.29, 0.717) is 5.92 Å². The first-order chi connectivity index (χ1) is 12.3. The Kier molecular flexibility index (Phi) is 4.49. The van der Waals surface area contributed by atoms with Crippen LogP contribution in [-0.2, 0) is 0 Å². The van der Waals surface area contributed by atoms with Crippen molar-refractivity contribution in [2.75, 3.05) is 13.1 Å². The third-order valence-electron chi connectivity index (χ3n) is 4.91. The summed E-state index contributed by atoms with van der Waals surface area (Å²) in [5.41, 5.74) is 6.75. The molecule has 3 aromatic carbocycles. The van der Waals surface area contributed by atoms with Crippen molar-refractivity contribution in [2.24, 2.45) is 0 Å². The van der Waals surface area contributed by atoms with Crippen molar-refractivity contribution in [2.45, 2.75) is 5.92 Å². The molecule has 1 unspecified atom stereocenters. The van der Waals surface area contributed by atoms with Crippen LogP contribution in [0.3, 0.4) is 0 Å². The van der Waals surface area contributed by atoms with E-state index in [-0.39, 0.29) is 0 Å². The van der Waals surface area contributed by atoms with Crippen LogP contribution < -0.4 is 0 Å². The summed E-state index contributed by atoms with van der Waals surface area (Å²) in [5.74, 6) is 0.324. The van der Waals surface area contributed by atoms with Gasteiger partial charge in [0.15, 0.2) is 0 Å². The van der Waals surface area contributed by atoms with Crippen molar-refractivity contribution in [3.8, 4) is 0 Å². The lowest BCUT2D eigenvalue weighted by Crippen LogP contribution is -2.31. The van der Waals surface area contributed by atoms with Crippen LogP contribution in [0.25, 0.3) is 11.1 Å². The third kappa shape index (κ3) is 3.29. The summed E-state index contributed by atoms with van der Waals surface area (Å²) in [7, 11) is 4.28. The molecular formula is C24H22N. The van der Waals surface area contributed by atoms with Gasteiger partial charge in [-0.3, -0.25) is 4.90 Å². The fourth-order valence-electron chi connectivity index (χ4n) is 3.77. The quantitative estimate of drug-likeness (QED) is 0.616. The Morgan fingerprint density at radius 3 is 1.80 bits per heavy atom. The lowest BCUT2D eigenvalue weighted by Gasteiger charge is -2.35. The summed E-state index contributed by atoms with van der Waals surface area (Å²) < 4.78 is 0. The predicted octanol–water partition coefficient (Wildman–Crippen LogP) is 5.49. The summed E-state index contributed by atoms with van der Waals surface area (Å²) in [6, 6.07) is 32.3. The summed E-state index contributed by atoms with van der Waals surface area (Å²) in [4.78, 5) is 2.19.